The van der Waals surface area contributed by atoms with E-state index in [1.54, 1.807) is 0 Å². The Morgan fingerprint density at radius 1 is 1.86 bits per heavy atom. The van der Waals surface area contributed by atoms with Gasteiger partial charge in [0.2, 0.25) is 0 Å². The van der Waals surface area contributed by atoms with Crippen LogP contribution in [-0.2, 0) is 4.74 Å². The average Bonchev–Trinajstić information content (AvgIpc) is 2.21. The van der Waals surface area contributed by atoms with Gasteiger partial charge in [0.25, 0.3) is 0 Å². The van der Waals surface area contributed by atoms with E-state index >= 15 is 0 Å². The van der Waals surface area contributed by atoms with Gasteiger partial charge in [-0.1, -0.05) is 7.43 Å². The summed E-state index contributed by atoms with van der Waals surface area (Å²) < 4.78 is 4.89. The van der Waals surface area contributed by atoms with Crippen LogP contribution in [0.4, 0.5) is 0 Å². The predicted molar refractivity (Wildman–Crippen MR) is 30.4 cm³/mol. The van der Waals surface area contributed by atoms with Crippen LogP contribution in [0.3, 0.4) is 0 Å². The molecule has 1 aliphatic heterocycles. The Morgan fingerprint density at radius 2 is 2.43 bits per heavy atom. The Kier molecular flexibility index (Phi) is 2.96. The molecule has 1 rings (SSSR count). The van der Waals surface area contributed by atoms with E-state index in [1.807, 2.05) is 7.05 Å². The minimum atomic E-state index is 0. The fourth-order valence-corrected chi connectivity index (χ4v) is 0.414. The summed E-state index contributed by atoms with van der Waals surface area (Å²) in [4.78, 5) is 0. The summed E-state index contributed by atoms with van der Waals surface area (Å²) in [5.74, 6) is 0. The Hall–Kier alpha value is -0.0800. The molecule has 0 aromatic heterocycles. The lowest BCUT2D eigenvalue weighted by Crippen LogP contribution is -2.12. The second kappa shape index (κ2) is 2.99. The first-order valence-electron chi connectivity index (χ1n) is 2.19. The minimum absolute atomic E-state index is 0. The first-order chi connectivity index (χ1) is 2.93. The quantitative estimate of drug-likeness (QED) is 0.506. The van der Waals surface area contributed by atoms with Gasteiger partial charge < -0.3 is 10.1 Å². The predicted octanol–water partition coefficient (Wildman–Crippen LogP) is 0.241. The third-order valence-electron chi connectivity index (χ3n) is 0.834. The van der Waals surface area contributed by atoms with Crippen LogP contribution in [0.15, 0.2) is 0 Å². The third-order valence-corrected chi connectivity index (χ3v) is 0.834. The van der Waals surface area contributed by atoms with Crippen LogP contribution in [0, 0.1) is 0 Å². The van der Waals surface area contributed by atoms with Gasteiger partial charge in [0.15, 0.2) is 0 Å². The molecule has 0 bridgehead atoms. The number of likely N-dealkylation sites (N-methyl/N-ethyl adjacent to an activating group) is 1. The van der Waals surface area contributed by atoms with Crippen molar-refractivity contribution < 1.29 is 4.74 Å². The maximum absolute atomic E-state index is 4.89. The molecule has 0 aromatic rings. The number of epoxide rings is 1. The van der Waals surface area contributed by atoms with Crippen molar-refractivity contribution in [2.75, 3.05) is 20.2 Å². The van der Waals surface area contributed by atoms with Gasteiger partial charge in [-0.05, 0) is 7.05 Å². The van der Waals surface area contributed by atoms with Crippen LogP contribution in [0.5, 0.6) is 0 Å². The number of nitrogens with one attached hydrogen (secondary N) is 1. The molecular weight excluding hydrogens is 90.1 g/mol. The van der Waals surface area contributed by atoms with Gasteiger partial charge in [-0.2, -0.15) is 0 Å². The first kappa shape index (κ1) is 6.92. The lowest BCUT2D eigenvalue weighted by atomic mass is 10.5. The van der Waals surface area contributed by atoms with Crippen molar-refractivity contribution in [2.45, 2.75) is 13.5 Å². The fourth-order valence-electron chi connectivity index (χ4n) is 0.414. The summed E-state index contributed by atoms with van der Waals surface area (Å²) in [5.41, 5.74) is 0. The summed E-state index contributed by atoms with van der Waals surface area (Å²) >= 11 is 0. The van der Waals surface area contributed by atoms with Crippen molar-refractivity contribution in [2.24, 2.45) is 0 Å². The van der Waals surface area contributed by atoms with Gasteiger partial charge >= 0.3 is 0 Å². The van der Waals surface area contributed by atoms with Gasteiger partial charge in [0.05, 0.1) is 12.7 Å². The number of hydrogen-bond acceptors (Lipinski definition) is 2. The summed E-state index contributed by atoms with van der Waals surface area (Å²) in [7, 11) is 1.93. The maximum Gasteiger partial charge on any atom is 0.0933 e. The highest BCUT2D eigenvalue weighted by molar-refractivity contribution is 4.69. The molecule has 0 spiro atoms. The molecule has 2 nitrogen and oxygen atoms in total. The highest BCUT2D eigenvalue weighted by Crippen LogP contribution is 2.05. The van der Waals surface area contributed by atoms with Gasteiger partial charge in [-0.3, -0.25) is 0 Å². The molecule has 2 heteroatoms. The van der Waals surface area contributed by atoms with E-state index < -0.39 is 0 Å². The van der Waals surface area contributed by atoms with Crippen LogP contribution < -0.4 is 5.32 Å². The minimum Gasteiger partial charge on any atom is -0.372 e. The van der Waals surface area contributed by atoms with E-state index in [1.165, 1.54) is 0 Å². The fraction of sp³-hybridized carbons (Fsp3) is 1.00. The second-order valence-corrected chi connectivity index (χ2v) is 1.51. The van der Waals surface area contributed by atoms with Crippen molar-refractivity contribution in [1.82, 2.24) is 5.32 Å². The Labute approximate surface area is 44.9 Å². The first-order valence-corrected chi connectivity index (χ1v) is 2.19. The molecule has 0 radical (unpaired) electrons. The normalized spacial score (nSPS) is 26.1. The zero-order valence-corrected chi connectivity index (χ0v) is 3.90. The molecule has 1 aliphatic rings. The highest BCUT2D eigenvalue weighted by atomic mass is 16.6. The zero-order valence-electron chi connectivity index (χ0n) is 3.90. The molecule has 1 atom stereocenters. The molecule has 1 N–H and O–H groups in total. The molecule has 1 heterocycles. The molecule has 7 heavy (non-hydrogen) atoms. The standard InChI is InChI=1S/C4H9NO.CH4/c1-5-2-4-3-6-4;/h4-5H,2-3H2,1H3;1H4. The number of ether oxygens (including phenoxy) is 1. The van der Waals surface area contributed by atoms with Crippen LogP contribution in [0.2, 0.25) is 0 Å². The van der Waals surface area contributed by atoms with E-state index in [4.69, 9.17) is 4.74 Å². The van der Waals surface area contributed by atoms with Crippen LogP contribution in [0.1, 0.15) is 7.43 Å². The van der Waals surface area contributed by atoms with Crippen molar-refractivity contribution in [3.05, 3.63) is 0 Å². The molecule has 0 aromatic carbocycles. The summed E-state index contributed by atoms with van der Waals surface area (Å²) in [6.07, 6.45) is 0.537. The lowest BCUT2D eigenvalue weighted by molar-refractivity contribution is 0.402. The van der Waals surface area contributed by atoms with E-state index in [0.717, 1.165) is 13.2 Å². The third kappa shape index (κ3) is 2.60. The topological polar surface area (TPSA) is 24.6 Å². The van der Waals surface area contributed by atoms with Gasteiger partial charge in [0, 0.05) is 6.54 Å². The van der Waals surface area contributed by atoms with Crippen LogP contribution in [0.25, 0.3) is 0 Å². The molecular formula is C5H13NO. The van der Waals surface area contributed by atoms with Crippen molar-refractivity contribution >= 4 is 0 Å². The van der Waals surface area contributed by atoms with Crippen LogP contribution >= 0.6 is 0 Å². The SMILES string of the molecule is C.CNCC1CO1. The average molecular weight is 103 g/mol. The van der Waals surface area contributed by atoms with Crippen molar-refractivity contribution in [1.29, 1.82) is 0 Å². The molecule has 0 saturated carbocycles. The zero-order chi connectivity index (χ0) is 4.41. The molecule has 1 unspecified atom stereocenters. The second-order valence-electron chi connectivity index (χ2n) is 1.51. The van der Waals surface area contributed by atoms with Gasteiger partial charge in [-0.25, -0.2) is 0 Å². The molecule has 1 fully saturated rings. The summed E-state index contributed by atoms with van der Waals surface area (Å²) in [6.45, 7) is 1.97. The summed E-state index contributed by atoms with van der Waals surface area (Å²) in [5, 5.41) is 3.00. The van der Waals surface area contributed by atoms with Crippen molar-refractivity contribution in [3.8, 4) is 0 Å². The molecule has 0 amide bonds. The lowest BCUT2D eigenvalue weighted by Gasteiger charge is -1.84. The Bertz CT molecular complexity index is 43.3. The molecule has 44 valence electrons. The smallest absolute Gasteiger partial charge is 0.0933 e. The molecule has 0 aliphatic carbocycles. The van der Waals surface area contributed by atoms with E-state index in [9.17, 15) is 0 Å². The van der Waals surface area contributed by atoms with Crippen LogP contribution in [-0.4, -0.2) is 26.3 Å². The van der Waals surface area contributed by atoms with E-state index in [0.29, 0.717) is 6.10 Å². The van der Waals surface area contributed by atoms with Gasteiger partial charge in [0.1, 0.15) is 0 Å². The highest BCUT2D eigenvalue weighted by Gasteiger charge is 2.20. The van der Waals surface area contributed by atoms with Gasteiger partial charge in [-0.15, -0.1) is 0 Å². The maximum atomic E-state index is 4.89. The van der Waals surface area contributed by atoms with Crippen molar-refractivity contribution in [3.63, 3.8) is 0 Å². The van der Waals surface area contributed by atoms with E-state index in [2.05, 4.69) is 5.32 Å². The molecule has 1 saturated heterocycles. The Morgan fingerprint density at radius 3 is 2.57 bits per heavy atom. The number of rotatable bonds is 2. The largest absolute Gasteiger partial charge is 0.372 e. The summed E-state index contributed by atoms with van der Waals surface area (Å²) in [6, 6.07) is 0. The number of hydrogen-bond donors (Lipinski definition) is 1. The van der Waals surface area contributed by atoms with E-state index in [-0.39, 0.29) is 7.43 Å². The monoisotopic (exact) mass is 103 g/mol. The Balaban J connectivity index is 0.000000360.